The highest BCUT2D eigenvalue weighted by molar-refractivity contribution is 5.95. The molecule has 0 radical (unpaired) electrons. The van der Waals surface area contributed by atoms with E-state index in [0.717, 1.165) is 31.3 Å². The van der Waals surface area contributed by atoms with Gasteiger partial charge in [0.25, 0.3) is 0 Å². The molecule has 0 heterocycles. The number of rotatable bonds is 5. The normalized spacial score (nSPS) is 28.3. The third kappa shape index (κ3) is 4.71. The first-order valence-electron chi connectivity index (χ1n) is 9.46. The van der Waals surface area contributed by atoms with Crippen molar-refractivity contribution in [3.63, 3.8) is 0 Å². The molecule has 0 bridgehead atoms. The van der Waals surface area contributed by atoms with Crippen LogP contribution in [0, 0.1) is 23.7 Å². The van der Waals surface area contributed by atoms with Crippen LogP contribution in [0.3, 0.4) is 0 Å². The number of fused-ring (bicyclic) bond motifs is 1. The van der Waals surface area contributed by atoms with Crippen LogP contribution in [0.1, 0.15) is 60.3 Å². The van der Waals surface area contributed by atoms with Crippen molar-refractivity contribution in [1.82, 2.24) is 0 Å². The zero-order chi connectivity index (χ0) is 18.7. The van der Waals surface area contributed by atoms with E-state index in [4.69, 9.17) is 4.74 Å². The van der Waals surface area contributed by atoms with E-state index in [1.165, 1.54) is 18.1 Å². The molecule has 0 amide bonds. The number of carbonyl (C=O) groups is 2. The zero-order valence-corrected chi connectivity index (χ0v) is 16.3. The Bertz CT molecular complexity index is 607. The van der Waals surface area contributed by atoms with E-state index in [2.05, 4.69) is 26.5 Å². The zero-order valence-electron chi connectivity index (χ0n) is 16.3. The minimum atomic E-state index is -0.706. The molecule has 3 nitrogen and oxygen atoms in total. The second-order valence-corrected chi connectivity index (χ2v) is 8.12. The predicted molar refractivity (Wildman–Crippen MR) is 101 cm³/mol. The molecule has 5 atom stereocenters. The molecule has 0 aromatic carbocycles. The lowest BCUT2D eigenvalue weighted by Crippen LogP contribution is -2.40. The summed E-state index contributed by atoms with van der Waals surface area (Å²) in [6.45, 7) is 13.7. The van der Waals surface area contributed by atoms with Gasteiger partial charge in [-0.1, -0.05) is 43.2 Å². The van der Waals surface area contributed by atoms with Crippen LogP contribution in [0.2, 0.25) is 0 Å². The molecule has 1 saturated carbocycles. The van der Waals surface area contributed by atoms with E-state index in [-0.39, 0.29) is 17.6 Å². The highest BCUT2D eigenvalue weighted by Crippen LogP contribution is 2.47. The molecule has 3 heteroatoms. The molecule has 0 spiro atoms. The van der Waals surface area contributed by atoms with Gasteiger partial charge in [0.15, 0.2) is 11.9 Å². The van der Waals surface area contributed by atoms with Gasteiger partial charge in [-0.3, -0.25) is 9.59 Å². The van der Waals surface area contributed by atoms with Gasteiger partial charge in [0.1, 0.15) is 0 Å². The number of ether oxygens (including phenoxy) is 1. The van der Waals surface area contributed by atoms with Gasteiger partial charge in [-0.2, -0.15) is 0 Å². The number of carbonyl (C=O) groups excluding carboxylic acids is 2. The standard InChI is InChI=1S/C22H32O3/c1-13(2)11-21(24)22(25-17(6)23)16(5)19-10-8-15(4)18-9-7-14(3)12-20(18)19/h11-12,15-16,18-19,22H,3,7-10H2,1-2,4-6H3/t15-,16?,18+,19+,22+/m1/s1. The summed E-state index contributed by atoms with van der Waals surface area (Å²) in [5, 5.41) is 0. The highest BCUT2D eigenvalue weighted by Gasteiger charge is 2.41. The van der Waals surface area contributed by atoms with Gasteiger partial charge in [-0.15, -0.1) is 0 Å². The van der Waals surface area contributed by atoms with E-state index < -0.39 is 12.1 Å². The fourth-order valence-corrected chi connectivity index (χ4v) is 4.48. The molecular formula is C22H32O3. The third-order valence-corrected chi connectivity index (χ3v) is 5.74. The second-order valence-electron chi connectivity index (χ2n) is 8.12. The number of allylic oxidation sites excluding steroid dienone is 4. The lowest BCUT2D eigenvalue weighted by molar-refractivity contribution is -0.155. The molecule has 0 aromatic heterocycles. The Morgan fingerprint density at radius 3 is 2.52 bits per heavy atom. The lowest BCUT2D eigenvalue weighted by atomic mass is 9.62. The molecule has 0 saturated heterocycles. The van der Waals surface area contributed by atoms with Crippen molar-refractivity contribution >= 4 is 11.8 Å². The van der Waals surface area contributed by atoms with Crippen molar-refractivity contribution in [1.29, 1.82) is 0 Å². The molecule has 138 valence electrons. The van der Waals surface area contributed by atoms with Crippen LogP contribution < -0.4 is 0 Å². The van der Waals surface area contributed by atoms with Gasteiger partial charge >= 0.3 is 5.97 Å². The Hall–Kier alpha value is -1.64. The quantitative estimate of drug-likeness (QED) is 0.519. The van der Waals surface area contributed by atoms with Crippen molar-refractivity contribution in [2.75, 3.05) is 0 Å². The van der Waals surface area contributed by atoms with Gasteiger partial charge in [0.05, 0.1) is 0 Å². The maximum Gasteiger partial charge on any atom is 0.303 e. The van der Waals surface area contributed by atoms with Gasteiger partial charge < -0.3 is 4.74 Å². The fourth-order valence-electron chi connectivity index (χ4n) is 4.48. The Labute approximate surface area is 152 Å². The summed E-state index contributed by atoms with van der Waals surface area (Å²) in [4.78, 5) is 24.3. The van der Waals surface area contributed by atoms with Gasteiger partial charge in [-0.05, 0) is 63.4 Å². The first-order chi connectivity index (χ1) is 11.7. The van der Waals surface area contributed by atoms with Crippen molar-refractivity contribution in [2.24, 2.45) is 23.7 Å². The predicted octanol–water partition coefficient (Wildman–Crippen LogP) is 5.03. The number of hydrogen-bond acceptors (Lipinski definition) is 3. The Kier molecular flexibility index (Phi) is 6.42. The number of hydrogen-bond donors (Lipinski definition) is 0. The van der Waals surface area contributed by atoms with E-state index >= 15 is 0 Å². The van der Waals surface area contributed by atoms with Crippen molar-refractivity contribution < 1.29 is 14.3 Å². The Morgan fingerprint density at radius 2 is 1.92 bits per heavy atom. The van der Waals surface area contributed by atoms with Crippen molar-refractivity contribution in [3.05, 3.63) is 35.5 Å². The summed E-state index contributed by atoms with van der Waals surface area (Å²) in [6.07, 6.45) is 7.55. The highest BCUT2D eigenvalue weighted by atomic mass is 16.5. The van der Waals surface area contributed by atoms with Crippen LogP contribution in [-0.2, 0) is 14.3 Å². The van der Waals surface area contributed by atoms with Crippen LogP contribution in [-0.4, -0.2) is 17.9 Å². The summed E-state index contributed by atoms with van der Waals surface area (Å²) >= 11 is 0. The summed E-state index contributed by atoms with van der Waals surface area (Å²) in [6, 6.07) is 0. The molecule has 1 unspecified atom stereocenters. The summed E-state index contributed by atoms with van der Waals surface area (Å²) in [7, 11) is 0. The minimum absolute atomic E-state index is 0.0286. The maximum atomic E-state index is 12.7. The molecule has 0 N–H and O–H groups in total. The summed E-state index contributed by atoms with van der Waals surface area (Å²) in [5.74, 6) is 0.992. The van der Waals surface area contributed by atoms with Crippen LogP contribution >= 0.6 is 0 Å². The molecule has 1 fully saturated rings. The van der Waals surface area contributed by atoms with Crippen molar-refractivity contribution in [3.8, 4) is 0 Å². The smallest absolute Gasteiger partial charge is 0.303 e. The maximum absolute atomic E-state index is 12.7. The number of ketones is 1. The number of esters is 1. The molecular weight excluding hydrogens is 312 g/mol. The van der Waals surface area contributed by atoms with E-state index in [0.29, 0.717) is 11.8 Å². The van der Waals surface area contributed by atoms with Crippen LogP contribution in [0.15, 0.2) is 35.5 Å². The summed E-state index contributed by atoms with van der Waals surface area (Å²) < 4.78 is 5.48. The van der Waals surface area contributed by atoms with Gasteiger partial charge in [0.2, 0.25) is 0 Å². The van der Waals surface area contributed by atoms with E-state index in [1.807, 2.05) is 13.8 Å². The van der Waals surface area contributed by atoms with E-state index in [9.17, 15) is 9.59 Å². The van der Waals surface area contributed by atoms with Gasteiger partial charge in [0, 0.05) is 12.8 Å². The largest absolute Gasteiger partial charge is 0.454 e. The first kappa shape index (κ1) is 19.7. The summed E-state index contributed by atoms with van der Waals surface area (Å²) in [5.41, 5.74) is 3.52. The molecule has 0 aromatic rings. The third-order valence-electron chi connectivity index (χ3n) is 5.74. The fraction of sp³-hybridized carbons (Fsp3) is 0.636. The molecule has 2 aliphatic rings. The first-order valence-corrected chi connectivity index (χ1v) is 9.46. The van der Waals surface area contributed by atoms with Crippen LogP contribution in [0.5, 0.6) is 0 Å². The molecule has 25 heavy (non-hydrogen) atoms. The van der Waals surface area contributed by atoms with Gasteiger partial charge in [-0.25, -0.2) is 0 Å². The Morgan fingerprint density at radius 1 is 1.24 bits per heavy atom. The molecule has 2 rings (SSSR count). The Balaban J connectivity index is 2.31. The van der Waals surface area contributed by atoms with Crippen molar-refractivity contribution in [2.45, 2.75) is 66.4 Å². The minimum Gasteiger partial charge on any atom is -0.454 e. The van der Waals surface area contributed by atoms with E-state index in [1.54, 1.807) is 6.08 Å². The molecule has 0 aliphatic heterocycles. The topological polar surface area (TPSA) is 43.4 Å². The molecule has 2 aliphatic carbocycles. The monoisotopic (exact) mass is 344 g/mol. The average Bonchev–Trinajstić information content (AvgIpc) is 2.51. The van der Waals surface area contributed by atoms with Crippen LogP contribution in [0.4, 0.5) is 0 Å². The average molecular weight is 344 g/mol. The SMILES string of the molecule is C=C1C=C2[C@H](C(C)[C@H](OC(C)=O)C(=O)C=C(C)C)CC[C@@H](C)[C@@H]2CC1. The second kappa shape index (κ2) is 8.16. The lowest BCUT2D eigenvalue weighted by Gasteiger charge is -2.43. The van der Waals surface area contributed by atoms with Crippen LogP contribution in [0.25, 0.3) is 0 Å².